The van der Waals surface area contributed by atoms with Crippen molar-refractivity contribution >= 4 is 12.1 Å². The largest absolute Gasteiger partial charge is 0.272 e. The molecule has 0 atom stereocenters. The van der Waals surface area contributed by atoms with Crippen LogP contribution in [-0.2, 0) is 0 Å². The number of nitrogens with zero attached hydrogens (tertiary/aromatic N) is 2. The Bertz CT molecular complexity index is 628. The second-order valence-corrected chi connectivity index (χ2v) is 5.21. The molecule has 1 heterocycles. The molecular formula is C17H19N3O. The Balaban J connectivity index is 1.95. The summed E-state index contributed by atoms with van der Waals surface area (Å²) in [6.07, 6.45) is 3.17. The molecule has 0 fully saturated rings. The molecule has 108 valence electrons. The highest BCUT2D eigenvalue weighted by Crippen LogP contribution is 2.13. The maximum absolute atomic E-state index is 11.8. The summed E-state index contributed by atoms with van der Waals surface area (Å²) >= 11 is 0. The highest BCUT2D eigenvalue weighted by molar-refractivity contribution is 5.94. The van der Waals surface area contributed by atoms with Crippen molar-refractivity contribution in [3.8, 4) is 0 Å². The topological polar surface area (TPSA) is 54.4 Å². The van der Waals surface area contributed by atoms with Gasteiger partial charge < -0.3 is 0 Å². The van der Waals surface area contributed by atoms with Crippen LogP contribution in [0.3, 0.4) is 0 Å². The number of amides is 1. The molecule has 0 bridgehead atoms. The fourth-order valence-corrected chi connectivity index (χ4v) is 1.80. The average Bonchev–Trinajstić information content (AvgIpc) is 2.48. The monoisotopic (exact) mass is 281 g/mol. The molecule has 0 aliphatic rings. The van der Waals surface area contributed by atoms with E-state index in [1.807, 2.05) is 19.1 Å². The van der Waals surface area contributed by atoms with Gasteiger partial charge in [0.25, 0.3) is 5.91 Å². The van der Waals surface area contributed by atoms with Crippen LogP contribution in [0, 0.1) is 6.92 Å². The smallest absolute Gasteiger partial charge is 0.267 e. The van der Waals surface area contributed by atoms with E-state index in [1.54, 1.807) is 18.3 Å². The Morgan fingerprint density at radius 2 is 1.90 bits per heavy atom. The zero-order chi connectivity index (χ0) is 15.2. The van der Waals surface area contributed by atoms with E-state index in [-0.39, 0.29) is 5.91 Å². The Labute approximate surface area is 124 Å². The minimum Gasteiger partial charge on any atom is -0.267 e. The van der Waals surface area contributed by atoms with Gasteiger partial charge >= 0.3 is 0 Å². The number of nitrogens with one attached hydrogen (secondary N) is 1. The molecule has 0 spiro atoms. The minimum absolute atomic E-state index is 0.266. The molecule has 0 radical (unpaired) electrons. The first kappa shape index (κ1) is 14.9. The lowest BCUT2D eigenvalue weighted by Crippen LogP contribution is -2.17. The molecular weight excluding hydrogens is 262 g/mol. The van der Waals surface area contributed by atoms with Crippen LogP contribution in [0.1, 0.15) is 46.9 Å². The fraction of sp³-hybridized carbons (Fsp3) is 0.235. The van der Waals surface area contributed by atoms with E-state index < -0.39 is 0 Å². The molecule has 4 heteroatoms. The zero-order valence-corrected chi connectivity index (χ0v) is 12.5. The van der Waals surface area contributed by atoms with Gasteiger partial charge in [-0.3, -0.25) is 9.78 Å². The summed E-state index contributed by atoms with van der Waals surface area (Å²) in [5.41, 5.74) is 6.09. The molecule has 1 amide bonds. The van der Waals surface area contributed by atoms with Gasteiger partial charge in [0, 0.05) is 11.9 Å². The Hall–Kier alpha value is -2.49. The molecule has 4 nitrogen and oxygen atoms in total. The number of pyridine rings is 1. The fourth-order valence-electron chi connectivity index (χ4n) is 1.80. The Morgan fingerprint density at radius 3 is 2.48 bits per heavy atom. The molecule has 21 heavy (non-hydrogen) atoms. The third-order valence-corrected chi connectivity index (χ3v) is 3.16. The molecule has 0 unspecified atom stereocenters. The third kappa shape index (κ3) is 4.24. The van der Waals surface area contributed by atoms with Crippen LogP contribution in [0.2, 0.25) is 0 Å². The summed E-state index contributed by atoms with van der Waals surface area (Å²) in [5, 5.41) is 3.96. The van der Waals surface area contributed by atoms with Gasteiger partial charge in [-0.15, -0.1) is 0 Å². The van der Waals surface area contributed by atoms with Crippen molar-refractivity contribution in [2.45, 2.75) is 26.7 Å². The molecule has 0 aliphatic carbocycles. The molecule has 2 rings (SSSR count). The lowest BCUT2D eigenvalue weighted by Gasteiger charge is -2.04. The first-order valence-corrected chi connectivity index (χ1v) is 6.92. The summed E-state index contributed by atoms with van der Waals surface area (Å²) in [4.78, 5) is 15.9. The predicted octanol–water partition coefficient (Wildman–Crippen LogP) is 3.28. The highest BCUT2D eigenvalue weighted by Gasteiger charge is 2.03. The maximum atomic E-state index is 11.8. The van der Waals surface area contributed by atoms with Crippen LogP contribution in [0.5, 0.6) is 0 Å². The van der Waals surface area contributed by atoms with E-state index in [0.717, 1.165) is 11.3 Å². The van der Waals surface area contributed by atoms with Crippen molar-refractivity contribution in [1.29, 1.82) is 0 Å². The Morgan fingerprint density at radius 1 is 1.19 bits per heavy atom. The van der Waals surface area contributed by atoms with E-state index in [9.17, 15) is 4.79 Å². The number of hydrogen-bond donors (Lipinski definition) is 1. The molecule has 0 saturated carbocycles. The molecule has 1 N–H and O–H groups in total. The second kappa shape index (κ2) is 6.79. The van der Waals surface area contributed by atoms with Crippen LogP contribution in [0.25, 0.3) is 0 Å². The number of benzene rings is 1. The van der Waals surface area contributed by atoms with Gasteiger partial charge in [0.2, 0.25) is 0 Å². The van der Waals surface area contributed by atoms with Gasteiger partial charge in [0.1, 0.15) is 0 Å². The van der Waals surface area contributed by atoms with E-state index in [2.05, 4.69) is 41.5 Å². The predicted molar refractivity (Wildman–Crippen MR) is 84.6 cm³/mol. The molecule has 0 aliphatic heterocycles. The van der Waals surface area contributed by atoms with E-state index in [4.69, 9.17) is 0 Å². The van der Waals surface area contributed by atoms with Crippen LogP contribution < -0.4 is 5.43 Å². The van der Waals surface area contributed by atoms with Crippen molar-refractivity contribution in [3.63, 3.8) is 0 Å². The zero-order valence-electron chi connectivity index (χ0n) is 12.5. The van der Waals surface area contributed by atoms with Crippen molar-refractivity contribution < 1.29 is 4.79 Å². The van der Waals surface area contributed by atoms with Crippen molar-refractivity contribution in [2.75, 3.05) is 0 Å². The number of carbonyl (C=O) groups excluding carboxylic acids is 1. The van der Waals surface area contributed by atoms with Crippen LogP contribution >= 0.6 is 0 Å². The Kier molecular flexibility index (Phi) is 4.82. The molecule has 1 aromatic heterocycles. The number of carbonyl (C=O) groups is 1. The van der Waals surface area contributed by atoms with Gasteiger partial charge in [0.05, 0.1) is 11.8 Å². The minimum atomic E-state index is -0.266. The standard InChI is InChI=1S/C17H19N3O/c1-12(2)15-8-5-14(6-9-15)10-19-20-17(21)16-7-4-13(3)18-11-16/h4-12H,1-3H3,(H,20,21)/b19-10-. The summed E-state index contributed by atoms with van der Waals surface area (Å²) in [5.74, 6) is 0.238. The SMILES string of the molecule is Cc1ccc(C(=O)N/N=C\c2ccc(C(C)C)cc2)cn1. The van der Waals surface area contributed by atoms with Gasteiger partial charge in [-0.25, -0.2) is 5.43 Å². The van der Waals surface area contributed by atoms with Crippen LogP contribution in [-0.4, -0.2) is 17.1 Å². The van der Waals surface area contributed by atoms with Gasteiger partial charge in [0.15, 0.2) is 0 Å². The number of aromatic nitrogens is 1. The molecule has 0 saturated heterocycles. The number of aryl methyl sites for hydroxylation is 1. The quantitative estimate of drug-likeness (QED) is 0.690. The third-order valence-electron chi connectivity index (χ3n) is 3.16. The van der Waals surface area contributed by atoms with E-state index in [0.29, 0.717) is 11.5 Å². The normalized spacial score (nSPS) is 11.0. The summed E-state index contributed by atoms with van der Waals surface area (Å²) in [6.45, 7) is 6.18. The molecule has 2 aromatic rings. The van der Waals surface area contributed by atoms with Gasteiger partial charge in [-0.1, -0.05) is 38.1 Å². The first-order valence-electron chi connectivity index (χ1n) is 6.92. The average molecular weight is 281 g/mol. The van der Waals surface area contributed by atoms with Crippen LogP contribution in [0.4, 0.5) is 0 Å². The second-order valence-electron chi connectivity index (χ2n) is 5.21. The molecule has 1 aromatic carbocycles. The van der Waals surface area contributed by atoms with Crippen LogP contribution in [0.15, 0.2) is 47.7 Å². The summed E-state index contributed by atoms with van der Waals surface area (Å²) < 4.78 is 0. The van der Waals surface area contributed by atoms with E-state index in [1.165, 1.54) is 11.8 Å². The van der Waals surface area contributed by atoms with Crippen molar-refractivity contribution in [3.05, 3.63) is 65.0 Å². The van der Waals surface area contributed by atoms with E-state index >= 15 is 0 Å². The van der Waals surface area contributed by atoms with Gasteiger partial charge in [-0.2, -0.15) is 5.10 Å². The number of rotatable bonds is 4. The number of hydrazone groups is 1. The maximum Gasteiger partial charge on any atom is 0.272 e. The van der Waals surface area contributed by atoms with Gasteiger partial charge in [-0.05, 0) is 36.1 Å². The van der Waals surface area contributed by atoms with Crippen molar-refractivity contribution in [2.24, 2.45) is 5.10 Å². The van der Waals surface area contributed by atoms with Crippen molar-refractivity contribution in [1.82, 2.24) is 10.4 Å². The summed E-state index contributed by atoms with van der Waals surface area (Å²) in [7, 11) is 0. The first-order chi connectivity index (χ1) is 10.1. The lowest BCUT2D eigenvalue weighted by molar-refractivity contribution is 0.0955. The number of hydrogen-bond acceptors (Lipinski definition) is 3. The highest BCUT2D eigenvalue weighted by atomic mass is 16.2. The lowest BCUT2D eigenvalue weighted by atomic mass is 10.0. The summed E-state index contributed by atoms with van der Waals surface area (Å²) in [6, 6.07) is 11.6.